The fourth-order valence-electron chi connectivity index (χ4n) is 3.72. The zero-order valence-electron chi connectivity index (χ0n) is 28.5. The van der Waals surface area contributed by atoms with Crippen molar-refractivity contribution in [2.75, 3.05) is 19.5 Å². The normalized spacial score (nSPS) is 33.5. The molecule has 1 fully saturated rings. The molecule has 1 atom stereocenters. The maximum atomic E-state index is 14.3. The van der Waals surface area contributed by atoms with E-state index in [0.717, 1.165) is 0 Å². The highest BCUT2D eigenvalue weighted by molar-refractivity contribution is 5.79. The lowest BCUT2D eigenvalue weighted by Crippen LogP contribution is -2.37. The van der Waals surface area contributed by atoms with Gasteiger partial charge in [0, 0.05) is 54.0 Å². The van der Waals surface area contributed by atoms with Gasteiger partial charge in [0.05, 0.1) is 9.81 Å². The minimum absolute atomic E-state index is 0.0302. The van der Waals surface area contributed by atoms with E-state index in [9.17, 15) is 14.3 Å². The first-order valence-electron chi connectivity index (χ1n) is 15.8. The molecule has 0 aliphatic carbocycles. The highest BCUT2D eigenvalue weighted by Crippen LogP contribution is 2.32. The maximum absolute atomic E-state index is 14.3. The number of aliphatic hydroxyl groups excluding tert-OH is 1. The van der Waals surface area contributed by atoms with Gasteiger partial charge in [-0.15, -0.1) is 0 Å². The van der Waals surface area contributed by atoms with Crippen LogP contribution < -0.4 is 5.56 Å². The smallest absolute Gasteiger partial charge is 0.257 e. The van der Waals surface area contributed by atoms with E-state index in [-0.39, 0.29) is 28.5 Å². The zero-order chi connectivity index (χ0) is 32.2. The molecule has 1 unspecified atom stereocenters. The highest BCUT2D eigenvalue weighted by atomic mass is 19.1. The van der Waals surface area contributed by atoms with E-state index in [1.165, 1.54) is 11.5 Å². The lowest BCUT2D eigenvalue weighted by molar-refractivity contribution is 0.129. The summed E-state index contributed by atoms with van der Waals surface area (Å²) in [6.07, 6.45) is -7.80. The van der Waals surface area contributed by atoms with Crippen LogP contribution >= 0.6 is 0 Å². The Morgan fingerprint density at radius 3 is 3.03 bits per heavy atom. The van der Waals surface area contributed by atoms with Gasteiger partial charge in [-0.1, -0.05) is 5.16 Å². The number of nitrogens with zero attached hydrogens (tertiary/aromatic N) is 4. The van der Waals surface area contributed by atoms with Crippen LogP contribution in [0.3, 0.4) is 0 Å². The summed E-state index contributed by atoms with van der Waals surface area (Å²) in [6, 6.07) is -3.25. The number of aliphatic hydroxyl groups is 1. The molecule has 4 heterocycles. The lowest BCUT2D eigenvalue weighted by atomic mass is 9.91. The van der Waals surface area contributed by atoms with E-state index in [1.54, 1.807) is 0 Å². The molecule has 3 aromatic rings. The number of aromatic nitrogens is 3. The number of aryl methyl sites for hydroxylation is 1. The van der Waals surface area contributed by atoms with Crippen LogP contribution in [0.1, 0.15) is 76.8 Å². The van der Waals surface area contributed by atoms with Gasteiger partial charge in [0.1, 0.15) is 17.7 Å². The van der Waals surface area contributed by atoms with E-state index in [4.69, 9.17) is 21.0 Å². The van der Waals surface area contributed by atoms with Crippen LogP contribution in [0.4, 0.5) is 4.39 Å². The Labute approximate surface area is 196 Å². The minimum Gasteiger partial charge on any atom is -0.385 e. The summed E-state index contributed by atoms with van der Waals surface area (Å²) in [6.45, 7) is -5.96. The highest BCUT2D eigenvalue weighted by Gasteiger charge is 2.26. The van der Waals surface area contributed by atoms with Gasteiger partial charge in [-0.2, -0.15) is 0 Å². The number of likely N-dealkylation sites (tertiary alicyclic amines) is 1. The first kappa shape index (κ1) is 10.8. The number of benzene rings is 1. The second-order valence-electron chi connectivity index (χ2n) is 7.32. The largest absolute Gasteiger partial charge is 0.385 e. The first-order valence-corrected chi connectivity index (χ1v) is 9.79. The third-order valence-corrected chi connectivity index (χ3v) is 5.32. The molecule has 0 amide bonds. The number of hydrogen-bond donors (Lipinski definition) is 1. The number of rotatable bonds is 4. The summed E-state index contributed by atoms with van der Waals surface area (Å²) in [5.41, 5.74) is -2.26. The molecule has 8 heteroatoms. The van der Waals surface area contributed by atoms with Gasteiger partial charge in [-0.25, -0.2) is 9.37 Å². The van der Waals surface area contributed by atoms with Crippen LogP contribution in [0.5, 0.6) is 0 Å². The summed E-state index contributed by atoms with van der Waals surface area (Å²) in [5, 5.41) is 12.9. The quantitative estimate of drug-likeness (QED) is 0.674. The van der Waals surface area contributed by atoms with Gasteiger partial charge in [-0.05, 0) is 64.0 Å². The number of fused-ring (bicyclic) bond motifs is 2. The number of hydrogen-bond acceptors (Lipinski definition) is 6. The molecule has 0 bridgehead atoms. The van der Waals surface area contributed by atoms with Crippen LogP contribution in [0.2, 0.25) is 0 Å². The van der Waals surface area contributed by atoms with E-state index >= 15 is 0 Å². The maximum Gasteiger partial charge on any atom is 0.257 e. The lowest BCUT2D eigenvalue weighted by Gasteiger charge is -2.31. The standard InChI is InChI=1S/C23H27FN4O3/c1-14-17(23(30)28-9-2-3-19(29)22(28)25-14)8-12-27-10-6-15(7-11-27)21-18-5-4-16(24)13-20(18)31-26-21/h4-5,13,15,19,29H,2-3,6-12H2,1H3/i4D,5D,6D2,7D2,10D2,11D2,13D,15D. The van der Waals surface area contributed by atoms with Crippen molar-refractivity contribution in [2.24, 2.45) is 0 Å². The molecule has 164 valence electrons. The van der Waals surface area contributed by atoms with Crippen molar-refractivity contribution in [3.05, 3.63) is 57.1 Å². The van der Waals surface area contributed by atoms with Crippen molar-refractivity contribution in [1.82, 2.24) is 19.6 Å². The van der Waals surface area contributed by atoms with E-state index in [2.05, 4.69) is 10.1 Å². The molecule has 1 aromatic carbocycles. The average Bonchev–Trinajstić information content (AvgIpc) is 3.37. The second kappa shape index (κ2) is 8.16. The molecule has 1 saturated heterocycles. The fourth-order valence-corrected chi connectivity index (χ4v) is 3.72. The summed E-state index contributed by atoms with van der Waals surface area (Å²) < 4.78 is 123. The van der Waals surface area contributed by atoms with Gasteiger partial charge >= 0.3 is 0 Å². The summed E-state index contributed by atoms with van der Waals surface area (Å²) in [5.74, 6) is -4.93. The predicted octanol–water partition coefficient (Wildman–Crippen LogP) is 3.08. The minimum atomic E-state index is -3.67. The van der Waals surface area contributed by atoms with Gasteiger partial charge in [0.25, 0.3) is 5.56 Å². The van der Waals surface area contributed by atoms with Gasteiger partial charge in [0.15, 0.2) is 5.58 Å². The van der Waals surface area contributed by atoms with Gasteiger partial charge < -0.3 is 14.5 Å². The number of halogens is 1. The van der Waals surface area contributed by atoms with E-state index < -0.39 is 96.9 Å². The third-order valence-electron chi connectivity index (χ3n) is 5.32. The molecule has 2 aliphatic rings. The van der Waals surface area contributed by atoms with Crippen LogP contribution in [-0.4, -0.2) is 44.3 Å². The Morgan fingerprint density at radius 2 is 2.23 bits per heavy atom. The Kier molecular flexibility index (Phi) is 2.85. The molecule has 7 nitrogen and oxygen atoms in total. The van der Waals surface area contributed by atoms with Crippen molar-refractivity contribution in [3.8, 4) is 0 Å². The molecule has 2 aliphatic heterocycles. The van der Waals surface area contributed by atoms with Crippen LogP contribution in [0.15, 0.2) is 27.4 Å². The zero-order valence-corrected chi connectivity index (χ0v) is 16.5. The molecule has 0 saturated carbocycles. The fraction of sp³-hybridized carbons (Fsp3) is 0.522. The predicted molar refractivity (Wildman–Crippen MR) is 114 cm³/mol. The average molecular weight is 439 g/mol. The van der Waals surface area contributed by atoms with Gasteiger partial charge in [-0.3, -0.25) is 9.36 Å². The molecule has 1 N–H and O–H groups in total. The third kappa shape index (κ3) is 3.78. The molecule has 2 aromatic heterocycles. The summed E-state index contributed by atoms with van der Waals surface area (Å²) in [7, 11) is 0. The van der Waals surface area contributed by atoms with Crippen molar-refractivity contribution in [3.63, 3.8) is 0 Å². The molecule has 5 rings (SSSR count). The van der Waals surface area contributed by atoms with Crippen LogP contribution in [-0.2, 0) is 13.0 Å². The Bertz CT molecular complexity index is 1680. The monoisotopic (exact) mass is 438 g/mol. The molecule has 31 heavy (non-hydrogen) atoms. The first-order chi connectivity index (χ1) is 19.7. The van der Waals surface area contributed by atoms with E-state index in [1.807, 2.05) is 0 Å². The van der Waals surface area contributed by atoms with Crippen molar-refractivity contribution >= 4 is 11.0 Å². The second-order valence-corrected chi connectivity index (χ2v) is 7.32. The SMILES string of the molecule is [2H]c1c(F)c([2H])c2onc(C3([2H])C([2H])([2H])C([2H])([2H])N(CCc4c(C)nc5n(c4=O)CCCC5O)C([2H])([2H])C3([2H])[2H])c2c1[2H]. The van der Waals surface area contributed by atoms with Crippen molar-refractivity contribution in [1.29, 1.82) is 0 Å². The van der Waals surface area contributed by atoms with Crippen molar-refractivity contribution < 1.29 is 30.5 Å². The topological polar surface area (TPSA) is 84.4 Å². The Morgan fingerprint density at radius 1 is 1.42 bits per heavy atom. The molecule has 0 radical (unpaired) electrons. The van der Waals surface area contributed by atoms with E-state index in [0.29, 0.717) is 12.8 Å². The molecular formula is C23H27FN4O3. The number of piperidine rings is 1. The Hall–Kier alpha value is -2.58. The summed E-state index contributed by atoms with van der Waals surface area (Å²) in [4.78, 5) is 17.8. The van der Waals surface area contributed by atoms with Crippen molar-refractivity contribution in [2.45, 2.75) is 57.5 Å². The van der Waals surface area contributed by atoms with Crippen LogP contribution in [0, 0.1) is 12.7 Å². The van der Waals surface area contributed by atoms with Crippen LogP contribution in [0.25, 0.3) is 11.0 Å². The molecular weight excluding hydrogens is 399 g/mol. The Balaban J connectivity index is 1.64. The summed E-state index contributed by atoms with van der Waals surface area (Å²) >= 11 is 0. The van der Waals surface area contributed by atoms with Gasteiger partial charge in [0.2, 0.25) is 0 Å². The molecule has 0 spiro atoms.